The molecule has 0 amide bonds. The van der Waals surface area contributed by atoms with E-state index in [-0.39, 0.29) is 5.03 Å². The lowest BCUT2D eigenvalue weighted by Crippen LogP contribution is -2.09. The molecule has 0 saturated heterocycles. The van der Waals surface area contributed by atoms with Crippen molar-refractivity contribution >= 4 is 16.6 Å². The Morgan fingerprint density at radius 1 is 1.38 bits per heavy atom. The fourth-order valence-electron chi connectivity index (χ4n) is 1.07. The van der Waals surface area contributed by atoms with E-state index in [1.165, 1.54) is 6.07 Å². The molecule has 0 fully saturated rings. The van der Waals surface area contributed by atoms with Crippen LogP contribution >= 0.6 is 11.6 Å². The zero-order valence-corrected chi connectivity index (χ0v) is 8.40. The van der Waals surface area contributed by atoms with E-state index in [4.69, 9.17) is 16.9 Å². The Balaban J connectivity index is 3.37. The number of halogens is 5. The molecule has 0 aliphatic carbocycles. The van der Waals surface area contributed by atoms with Gasteiger partial charge in [-0.3, -0.25) is 0 Å². The predicted octanol–water partition coefficient (Wildman–Crippen LogP) is 3.95. The summed E-state index contributed by atoms with van der Waals surface area (Å²) in [6.07, 6.45) is -4.02. The maximum Gasteiger partial charge on any atom is 0.419 e. The zero-order chi connectivity index (χ0) is 12.3. The van der Waals surface area contributed by atoms with Gasteiger partial charge in [-0.05, 0) is 6.07 Å². The molecule has 0 radical (unpaired) electrons. The first-order valence-corrected chi connectivity index (χ1v) is 4.37. The fourth-order valence-corrected chi connectivity index (χ4v) is 1.26. The lowest BCUT2D eigenvalue weighted by Gasteiger charge is -2.10. The van der Waals surface area contributed by atoms with Crippen molar-refractivity contribution in [3.05, 3.63) is 41.2 Å². The van der Waals surface area contributed by atoms with E-state index in [9.17, 15) is 17.6 Å². The van der Waals surface area contributed by atoms with Gasteiger partial charge < -0.3 is 0 Å². The highest BCUT2D eigenvalue weighted by Crippen LogP contribution is 2.34. The molecule has 84 valence electrons. The number of alkyl halides is 3. The highest BCUT2D eigenvalue weighted by Gasteiger charge is 2.35. The number of hydrogen-bond acceptors (Lipinski definition) is 1. The number of allylic oxidation sites excluding steroid dienone is 1. The molecule has 0 heterocycles. The Morgan fingerprint density at radius 2 is 2.00 bits per heavy atom. The second kappa shape index (κ2) is 4.54. The summed E-state index contributed by atoms with van der Waals surface area (Å²) in [5.41, 5.74) is -1.85. The summed E-state index contributed by atoms with van der Waals surface area (Å²) >= 11 is 5.46. The smallest absolute Gasteiger partial charge is 0.206 e. The summed E-state index contributed by atoms with van der Waals surface area (Å²) in [6.45, 7) is 0. The fraction of sp³-hybridized carbons (Fsp3) is 0.100. The van der Waals surface area contributed by atoms with Gasteiger partial charge in [0.2, 0.25) is 0 Å². The van der Waals surface area contributed by atoms with Crippen molar-refractivity contribution in [1.29, 1.82) is 5.26 Å². The maximum absolute atomic E-state index is 13.4. The molecule has 0 unspecified atom stereocenters. The van der Waals surface area contributed by atoms with Gasteiger partial charge in [0.1, 0.15) is 5.82 Å². The molecule has 1 aromatic rings. The highest BCUT2D eigenvalue weighted by molar-refractivity contribution is 6.49. The Morgan fingerprint density at radius 3 is 2.50 bits per heavy atom. The molecule has 0 saturated carbocycles. The normalized spacial score (nSPS) is 12.4. The van der Waals surface area contributed by atoms with Crippen molar-refractivity contribution in [2.75, 3.05) is 0 Å². The first kappa shape index (κ1) is 12.5. The van der Waals surface area contributed by atoms with Crippen molar-refractivity contribution in [1.82, 2.24) is 0 Å². The molecular formula is C10H4ClF4N. The Hall–Kier alpha value is -1.54. The highest BCUT2D eigenvalue weighted by atomic mass is 35.5. The summed E-state index contributed by atoms with van der Waals surface area (Å²) < 4.78 is 50.3. The standard InChI is InChI=1S/C10H4ClF4N/c11-8(4-5-16)6-2-1-3-7(9(6)12)10(13,14)15/h1-4H. The predicted molar refractivity (Wildman–Crippen MR) is 50.8 cm³/mol. The molecule has 0 aliphatic heterocycles. The Bertz CT molecular complexity index is 471. The molecule has 0 spiro atoms. The van der Waals surface area contributed by atoms with Crippen molar-refractivity contribution in [2.45, 2.75) is 6.18 Å². The van der Waals surface area contributed by atoms with Crippen LogP contribution in [-0.4, -0.2) is 0 Å². The second-order valence-electron chi connectivity index (χ2n) is 2.79. The molecule has 1 rings (SSSR count). The third kappa shape index (κ3) is 2.52. The minimum Gasteiger partial charge on any atom is -0.206 e. The Kier molecular flexibility index (Phi) is 3.55. The maximum atomic E-state index is 13.4. The van der Waals surface area contributed by atoms with E-state index in [0.717, 1.165) is 18.2 Å². The van der Waals surface area contributed by atoms with Gasteiger partial charge in [0.05, 0.1) is 16.7 Å². The van der Waals surface area contributed by atoms with Crippen molar-refractivity contribution in [2.24, 2.45) is 0 Å². The first-order valence-electron chi connectivity index (χ1n) is 3.99. The number of nitriles is 1. The molecule has 0 bridgehead atoms. The molecule has 0 aliphatic rings. The quantitative estimate of drug-likeness (QED) is 0.546. The van der Waals surface area contributed by atoms with Gasteiger partial charge in [-0.1, -0.05) is 23.7 Å². The van der Waals surface area contributed by atoms with Crippen LogP contribution in [0.5, 0.6) is 0 Å². The van der Waals surface area contributed by atoms with E-state index in [2.05, 4.69) is 0 Å². The summed E-state index contributed by atoms with van der Waals surface area (Å²) in [7, 11) is 0. The van der Waals surface area contributed by atoms with Crippen LogP contribution in [0.15, 0.2) is 24.3 Å². The van der Waals surface area contributed by atoms with E-state index in [1.807, 2.05) is 0 Å². The third-order valence-corrected chi connectivity index (χ3v) is 2.07. The van der Waals surface area contributed by atoms with Crippen molar-refractivity contribution in [3.8, 4) is 6.07 Å². The van der Waals surface area contributed by atoms with Crippen LogP contribution < -0.4 is 0 Å². The SMILES string of the molecule is N#CC=C(Cl)c1cccc(C(F)(F)F)c1F. The topological polar surface area (TPSA) is 23.8 Å². The average molecular weight is 250 g/mol. The van der Waals surface area contributed by atoms with E-state index < -0.39 is 23.1 Å². The van der Waals surface area contributed by atoms with Crippen LogP contribution in [0.2, 0.25) is 0 Å². The van der Waals surface area contributed by atoms with E-state index in [0.29, 0.717) is 6.07 Å². The molecule has 1 nitrogen and oxygen atoms in total. The van der Waals surface area contributed by atoms with Crippen LogP contribution in [0.3, 0.4) is 0 Å². The minimum atomic E-state index is -4.79. The van der Waals surface area contributed by atoms with Gasteiger partial charge in [0.15, 0.2) is 0 Å². The third-order valence-electron chi connectivity index (χ3n) is 1.75. The number of nitrogens with zero attached hydrogens (tertiary/aromatic N) is 1. The minimum absolute atomic E-state index is 0.369. The molecule has 0 aromatic heterocycles. The molecule has 0 N–H and O–H groups in total. The zero-order valence-electron chi connectivity index (χ0n) is 7.65. The summed E-state index contributed by atoms with van der Waals surface area (Å²) in [5.74, 6) is -1.48. The lowest BCUT2D eigenvalue weighted by atomic mass is 10.1. The van der Waals surface area contributed by atoms with Gasteiger partial charge in [-0.25, -0.2) is 4.39 Å². The van der Waals surface area contributed by atoms with Crippen molar-refractivity contribution in [3.63, 3.8) is 0 Å². The number of hydrogen-bond donors (Lipinski definition) is 0. The van der Waals surface area contributed by atoms with Gasteiger partial charge in [-0.15, -0.1) is 0 Å². The molecule has 16 heavy (non-hydrogen) atoms. The van der Waals surface area contributed by atoms with Gasteiger partial charge >= 0.3 is 6.18 Å². The number of rotatable bonds is 1. The molecular weight excluding hydrogens is 246 g/mol. The first-order chi connectivity index (χ1) is 7.38. The van der Waals surface area contributed by atoms with Gasteiger partial charge in [0, 0.05) is 11.6 Å². The molecule has 6 heteroatoms. The van der Waals surface area contributed by atoms with E-state index >= 15 is 0 Å². The van der Waals surface area contributed by atoms with Crippen LogP contribution in [0.1, 0.15) is 11.1 Å². The summed E-state index contributed by atoms with van der Waals surface area (Å²) in [4.78, 5) is 0. The van der Waals surface area contributed by atoms with Crippen LogP contribution in [0.25, 0.3) is 5.03 Å². The summed E-state index contributed by atoms with van der Waals surface area (Å²) in [5, 5.41) is 7.89. The largest absolute Gasteiger partial charge is 0.419 e. The molecule has 0 atom stereocenters. The monoisotopic (exact) mass is 249 g/mol. The van der Waals surface area contributed by atoms with Crippen LogP contribution in [0.4, 0.5) is 17.6 Å². The average Bonchev–Trinajstić information content (AvgIpc) is 2.16. The summed E-state index contributed by atoms with van der Waals surface area (Å²) in [6, 6.07) is 4.21. The molecule has 1 aromatic carbocycles. The Labute approximate surface area is 93.6 Å². The van der Waals surface area contributed by atoms with Crippen LogP contribution in [-0.2, 0) is 6.18 Å². The number of benzene rings is 1. The van der Waals surface area contributed by atoms with Crippen molar-refractivity contribution < 1.29 is 17.6 Å². The lowest BCUT2D eigenvalue weighted by molar-refractivity contribution is -0.140. The van der Waals surface area contributed by atoms with Crippen LogP contribution in [0, 0.1) is 17.1 Å². The van der Waals surface area contributed by atoms with Gasteiger partial charge in [-0.2, -0.15) is 18.4 Å². The van der Waals surface area contributed by atoms with E-state index in [1.54, 1.807) is 0 Å². The van der Waals surface area contributed by atoms with Gasteiger partial charge in [0.25, 0.3) is 0 Å². The second-order valence-corrected chi connectivity index (χ2v) is 3.19.